The molecule has 1 aliphatic rings. The highest BCUT2D eigenvalue weighted by Crippen LogP contribution is 2.37. The average molecular weight is 219 g/mol. The molecule has 1 heterocycles. The fraction of sp³-hybridized carbons (Fsp3) is 0.400. The lowest BCUT2D eigenvalue weighted by Crippen LogP contribution is -2.36. The molecule has 1 nitrogen and oxygen atoms in total. The minimum atomic E-state index is -4.49. The lowest BCUT2D eigenvalue weighted by molar-refractivity contribution is -0.138. The van der Waals surface area contributed by atoms with Crippen molar-refractivity contribution in [3.63, 3.8) is 0 Å². The van der Waals surface area contributed by atoms with Crippen LogP contribution in [0, 0.1) is 5.82 Å². The van der Waals surface area contributed by atoms with Crippen LogP contribution in [-0.4, -0.2) is 6.54 Å². The van der Waals surface area contributed by atoms with Crippen LogP contribution < -0.4 is 5.32 Å². The van der Waals surface area contributed by atoms with Crippen molar-refractivity contribution in [1.82, 2.24) is 5.32 Å². The van der Waals surface area contributed by atoms with Crippen molar-refractivity contribution in [2.45, 2.75) is 18.6 Å². The lowest BCUT2D eigenvalue weighted by Gasteiger charge is -2.30. The zero-order valence-corrected chi connectivity index (χ0v) is 7.74. The fourth-order valence-corrected chi connectivity index (χ4v) is 1.63. The van der Waals surface area contributed by atoms with Gasteiger partial charge >= 0.3 is 6.18 Å². The standard InChI is InChI=1S/C10H9F4N/c11-6-1-2-7(9-3-4-15-9)8(5-6)10(12,13)14/h1-2,5,9,15H,3-4H2. The van der Waals surface area contributed by atoms with Gasteiger partial charge in [0, 0.05) is 6.04 Å². The van der Waals surface area contributed by atoms with Crippen molar-refractivity contribution in [1.29, 1.82) is 0 Å². The first-order valence-corrected chi connectivity index (χ1v) is 4.58. The Kier molecular flexibility index (Phi) is 2.42. The van der Waals surface area contributed by atoms with Gasteiger partial charge in [0.2, 0.25) is 0 Å². The molecule has 1 atom stereocenters. The fourth-order valence-electron chi connectivity index (χ4n) is 1.63. The summed E-state index contributed by atoms with van der Waals surface area (Å²) in [6.45, 7) is 0.708. The first-order chi connectivity index (χ1) is 6.98. The molecule has 0 bridgehead atoms. The summed E-state index contributed by atoms with van der Waals surface area (Å²) in [6.07, 6.45) is -3.83. The van der Waals surface area contributed by atoms with E-state index in [1.54, 1.807) is 0 Å². The lowest BCUT2D eigenvalue weighted by atomic mass is 9.93. The molecule has 1 saturated heterocycles. The van der Waals surface area contributed by atoms with Crippen molar-refractivity contribution in [2.75, 3.05) is 6.54 Å². The average Bonchev–Trinajstić information content (AvgIpc) is 2.03. The summed E-state index contributed by atoms with van der Waals surface area (Å²) in [7, 11) is 0. The predicted molar refractivity (Wildman–Crippen MR) is 46.8 cm³/mol. The first-order valence-electron chi connectivity index (χ1n) is 4.58. The summed E-state index contributed by atoms with van der Waals surface area (Å²) in [6, 6.07) is 2.52. The van der Waals surface area contributed by atoms with Gasteiger partial charge in [-0.1, -0.05) is 6.07 Å². The highest BCUT2D eigenvalue weighted by atomic mass is 19.4. The monoisotopic (exact) mass is 219 g/mol. The summed E-state index contributed by atoms with van der Waals surface area (Å²) in [5.74, 6) is -0.856. The van der Waals surface area contributed by atoms with Crippen LogP contribution in [0.15, 0.2) is 18.2 Å². The Hall–Kier alpha value is -1.10. The van der Waals surface area contributed by atoms with Crippen LogP contribution in [0.4, 0.5) is 17.6 Å². The molecule has 0 saturated carbocycles. The number of benzene rings is 1. The maximum Gasteiger partial charge on any atom is 0.416 e. The van der Waals surface area contributed by atoms with E-state index in [2.05, 4.69) is 5.32 Å². The second kappa shape index (κ2) is 3.48. The third-order valence-electron chi connectivity index (χ3n) is 2.52. The Morgan fingerprint density at radius 2 is 1.93 bits per heavy atom. The number of hydrogen-bond donors (Lipinski definition) is 1. The van der Waals surface area contributed by atoms with E-state index < -0.39 is 17.6 Å². The molecule has 0 spiro atoms. The summed E-state index contributed by atoms with van der Waals surface area (Å²) < 4.78 is 50.4. The van der Waals surface area contributed by atoms with E-state index in [0.29, 0.717) is 19.0 Å². The van der Waals surface area contributed by atoms with Crippen LogP contribution in [-0.2, 0) is 6.18 Å². The van der Waals surface area contributed by atoms with Crippen molar-refractivity contribution in [3.8, 4) is 0 Å². The van der Waals surface area contributed by atoms with Crippen LogP contribution in [0.2, 0.25) is 0 Å². The minimum Gasteiger partial charge on any atom is -0.310 e. The summed E-state index contributed by atoms with van der Waals surface area (Å²) in [5, 5.41) is 2.87. The van der Waals surface area contributed by atoms with E-state index >= 15 is 0 Å². The quantitative estimate of drug-likeness (QED) is 0.716. The van der Waals surface area contributed by atoms with Gasteiger partial charge in [-0.2, -0.15) is 13.2 Å². The van der Waals surface area contributed by atoms with Gasteiger partial charge in [-0.25, -0.2) is 4.39 Å². The van der Waals surface area contributed by atoms with E-state index in [1.807, 2.05) is 0 Å². The van der Waals surface area contributed by atoms with Gasteiger partial charge in [0.1, 0.15) is 5.82 Å². The largest absolute Gasteiger partial charge is 0.416 e. The predicted octanol–water partition coefficient (Wildman–Crippen LogP) is 2.88. The Morgan fingerprint density at radius 1 is 1.27 bits per heavy atom. The second-order valence-corrected chi connectivity index (χ2v) is 3.52. The Bertz CT molecular complexity index is 368. The zero-order chi connectivity index (χ0) is 11.1. The van der Waals surface area contributed by atoms with Crippen LogP contribution in [0.25, 0.3) is 0 Å². The van der Waals surface area contributed by atoms with E-state index in [0.717, 1.165) is 6.07 Å². The van der Waals surface area contributed by atoms with Crippen molar-refractivity contribution < 1.29 is 17.6 Å². The molecule has 0 radical (unpaired) electrons. The number of nitrogens with one attached hydrogen (secondary N) is 1. The molecular formula is C10H9F4N. The smallest absolute Gasteiger partial charge is 0.310 e. The molecule has 2 rings (SSSR count). The molecule has 0 aromatic heterocycles. The topological polar surface area (TPSA) is 12.0 Å². The third kappa shape index (κ3) is 1.97. The van der Waals surface area contributed by atoms with Crippen LogP contribution in [0.1, 0.15) is 23.6 Å². The number of halogens is 4. The zero-order valence-electron chi connectivity index (χ0n) is 7.74. The Balaban J connectivity index is 2.44. The summed E-state index contributed by atoms with van der Waals surface area (Å²) >= 11 is 0. The Morgan fingerprint density at radius 3 is 2.40 bits per heavy atom. The second-order valence-electron chi connectivity index (χ2n) is 3.52. The highest BCUT2D eigenvalue weighted by Gasteiger charge is 2.36. The molecule has 1 aromatic carbocycles. The van der Waals surface area contributed by atoms with E-state index in [1.165, 1.54) is 6.07 Å². The van der Waals surface area contributed by atoms with Gasteiger partial charge in [0.25, 0.3) is 0 Å². The molecule has 5 heteroatoms. The van der Waals surface area contributed by atoms with Gasteiger partial charge in [0.05, 0.1) is 5.56 Å². The first kappa shape index (κ1) is 10.4. The molecule has 1 fully saturated rings. The third-order valence-corrected chi connectivity index (χ3v) is 2.52. The number of hydrogen-bond acceptors (Lipinski definition) is 1. The van der Waals surface area contributed by atoms with Gasteiger partial charge in [-0.3, -0.25) is 0 Å². The summed E-state index contributed by atoms with van der Waals surface area (Å²) in [4.78, 5) is 0. The van der Waals surface area contributed by atoms with Crippen molar-refractivity contribution in [3.05, 3.63) is 35.1 Å². The Labute approximate surface area is 84.1 Å². The van der Waals surface area contributed by atoms with Crippen LogP contribution in [0.5, 0.6) is 0 Å². The molecule has 1 aromatic rings. The molecule has 1 aliphatic heterocycles. The maximum absolute atomic E-state index is 12.7. The normalized spacial score (nSPS) is 21.2. The van der Waals surface area contributed by atoms with E-state index in [9.17, 15) is 17.6 Å². The molecule has 0 aliphatic carbocycles. The summed E-state index contributed by atoms with van der Waals surface area (Å²) in [5.41, 5.74) is -0.741. The van der Waals surface area contributed by atoms with Crippen LogP contribution >= 0.6 is 0 Å². The molecule has 1 N–H and O–H groups in total. The molecule has 15 heavy (non-hydrogen) atoms. The molecule has 82 valence electrons. The van der Waals surface area contributed by atoms with E-state index in [-0.39, 0.29) is 11.6 Å². The SMILES string of the molecule is Fc1ccc(C2CCN2)c(C(F)(F)F)c1. The van der Waals surface area contributed by atoms with Gasteiger partial charge in [-0.05, 0) is 30.7 Å². The van der Waals surface area contributed by atoms with Gasteiger partial charge in [-0.15, -0.1) is 0 Å². The molecule has 0 amide bonds. The van der Waals surface area contributed by atoms with E-state index in [4.69, 9.17) is 0 Å². The molecular weight excluding hydrogens is 210 g/mol. The number of alkyl halides is 3. The highest BCUT2D eigenvalue weighted by molar-refractivity contribution is 5.34. The number of rotatable bonds is 1. The van der Waals surface area contributed by atoms with Crippen LogP contribution in [0.3, 0.4) is 0 Å². The van der Waals surface area contributed by atoms with Gasteiger partial charge < -0.3 is 5.32 Å². The molecule has 1 unspecified atom stereocenters. The van der Waals surface area contributed by atoms with Crippen molar-refractivity contribution in [2.24, 2.45) is 0 Å². The maximum atomic E-state index is 12.7. The van der Waals surface area contributed by atoms with Crippen molar-refractivity contribution >= 4 is 0 Å². The minimum absolute atomic E-state index is 0.134. The van der Waals surface area contributed by atoms with Gasteiger partial charge in [0.15, 0.2) is 0 Å².